The van der Waals surface area contributed by atoms with Gasteiger partial charge in [-0.05, 0) is 43.2 Å². The molecule has 0 saturated carbocycles. The quantitative estimate of drug-likeness (QED) is 0.306. The number of carbonyl (C=O) groups is 1. The van der Waals surface area contributed by atoms with E-state index in [1.807, 2.05) is 31.4 Å². The largest absolute Gasteiger partial charge is 0.496 e. The average Bonchev–Trinajstić information content (AvgIpc) is 3.19. The van der Waals surface area contributed by atoms with Gasteiger partial charge >= 0.3 is 5.97 Å². The Morgan fingerprint density at radius 1 is 1.14 bits per heavy atom. The molecule has 0 spiro atoms. The van der Waals surface area contributed by atoms with Gasteiger partial charge in [0.05, 0.1) is 24.9 Å². The molecule has 0 fully saturated rings. The lowest BCUT2D eigenvalue weighted by molar-refractivity contribution is 0.0691. The number of anilines is 1. The van der Waals surface area contributed by atoms with Crippen LogP contribution in [0.1, 0.15) is 29.9 Å². The SMILES string of the molecule is COc1ccc(F)c2c1cc(C)n2CCNc1cc(-c2ccc(C(=O)O)c(OCC(C)C)c2)ncn1. The molecular weight excluding hydrogens is 463 g/mol. The molecule has 4 rings (SSSR count). The van der Waals surface area contributed by atoms with Crippen molar-refractivity contribution in [3.8, 4) is 22.8 Å². The van der Waals surface area contributed by atoms with Crippen molar-refractivity contribution >= 4 is 22.7 Å². The molecule has 0 saturated heterocycles. The van der Waals surface area contributed by atoms with Crippen molar-refractivity contribution in [2.45, 2.75) is 27.3 Å². The minimum absolute atomic E-state index is 0.102. The lowest BCUT2D eigenvalue weighted by Crippen LogP contribution is -2.13. The molecule has 36 heavy (non-hydrogen) atoms. The maximum atomic E-state index is 14.6. The number of carboxylic acids is 1. The molecule has 0 radical (unpaired) electrons. The summed E-state index contributed by atoms with van der Waals surface area (Å²) in [6.45, 7) is 7.34. The highest BCUT2D eigenvalue weighted by molar-refractivity contribution is 5.92. The van der Waals surface area contributed by atoms with Crippen LogP contribution in [0.3, 0.4) is 0 Å². The van der Waals surface area contributed by atoms with Gasteiger partial charge < -0.3 is 24.5 Å². The number of halogens is 1. The summed E-state index contributed by atoms with van der Waals surface area (Å²) in [7, 11) is 1.57. The fraction of sp³-hybridized carbons (Fsp3) is 0.296. The predicted octanol–water partition coefficient (Wildman–Crippen LogP) is 5.40. The molecule has 4 aromatic rings. The normalized spacial score (nSPS) is 11.2. The summed E-state index contributed by atoms with van der Waals surface area (Å²) < 4.78 is 27.7. The van der Waals surface area contributed by atoms with Gasteiger partial charge in [0.2, 0.25) is 0 Å². The van der Waals surface area contributed by atoms with Gasteiger partial charge in [0.15, 0.2) is 0 Å². The second-order valence-corrected chi connectivity index (χ2v) is 8.89. The van der Waals surface area contributed by atoms with Crippen LogP contribution in [0.5, 0.6) is 11.5 Å². The Morgan fingerprint density at radius 3 is 2.67 bits per heavy atom. The molecule has 2 heterocycles. The first kappa shape index (κ1) is 25.0. The Bertz CT molecular complexity index is 1400. The van der Waals surface area contributed by atoms with Gasteiger partial charge in [0.1, 0.15) is 35.0 Å². The monoisotopic (exact) mass is 492 g/mol. The molecule has 2 aromatic carbocycles. The number of hydrogen-bond donors (Lipinski definition) is 2. The highest BCUT2D eigenvalue weighted by Crippen LogP contribution is 2.31. The number of nitrogens with zero attached hydrogens (tertiary/aromatic N) is 3. The van der Waals surface area contributed by atoms with Crippen molar-refractivity contribution in [3.63, 3.8) is 0 Å². The van der Waals surface area contributed by atoms with E-state index >= 15 is 0 Å². The summed E-state index contributed by atoms with van der Waals surface area (Å²) in [5, 5.41) is 13.5. The van der Waals surface area contributed by atoms with Crippen LogP contribution in [0.15, 0.2) is 48.8 Å². The molecule has 188 valence electrons. The van der Waals surface area contributed by atoms with E-state index in [-0.39, 0.29) is 17.3 Å². The molecule has 0 aliphatic rings. The Hall–Kier alpha value is -4.14. The highest BCUT2D eigenvalue weighted by atomic mass is 19.1. The first-order chi connectivity index (χ1) is 17.3. The highest BCUT2D eigenvalue weighted by Gasteiger charge is 2.16. The Labute approximate surface area is 208 Å². The van der Waals surface area contributed by atoms with Gasteiger partial charge in [-0.3, -0.25) is 0 Å². The maximum Gasteiger partial charge on any atom is 0.339 e. The zero-order valence-electron chi connectivity index (χ0n) is 20.7. The van der Waals surface area contributed by atoms with E-state index in [1.165, 1.54) is 18.5 Å². The Kier molecular flexibility index (Phi) is 7.38. The van der Waals surface area contributed by atoms with Crippen LogP contribution in [0.2, 0.25) is 0 Å². The zero-order chi connectivity index (χ0) is 25.8. The summed E-state index contributed by atoms with van der Waals surface area (Å²) in [6, 6.07) is 11.6. The smallest absolute Gasteiger partial charge is 0.339 e. The number of hydrogen-bond acceptors (Lipinski definition) is 6. The fourth-order valence-electron chi connectivity index (χ4n) is 4.05. The minimum Gasteiger partial charge on any atom is -0.496 e. The number of rotatable bonds is 10. The van der Waals surface area contributed by atoms with Crippen LogP contribution in [0.25, 0.3) is 22.2 Å². The number of fused-ring (bicyclic) bond motifs is 1. The molecule has 0 aliphatic heterocycles. The molecule has 9 heteroatoms. The second kappa shape index (κ2) is 10.6. The molecule has 2 aromatic heterocycles. The third-order valence-corrected chi connectivity index (χ3v) is 5.79. The number of benzene rings is 2. The molecule has 0 amide bonds. The molecule has 0 unspecified atom stereocenters. The second-order valence-electron chi connectivity index (χ2n) is 8.89. The van der Waals surface area contributed by atoms with Gasteiger partial charge in [-0.15, -0.1) is 0 Å². The van der Waals surface area contributed by atoms with Gasteiger partial charge in [-0.2, -0.15) is 0 Å². The number of methoxy groups -OCH3 is 1. The Morgan fingerprint density at radius 2 is 1.94 bits per heavy atom. The van der Waals surface area contributed by atoms with Gasteiger partial charge in [-0.25, -0.2) is 19.2 Å². The first-order valence-electron chi connectivity index (χ1n) is 11.7. The van der Waals surface area contributed by atoms with Crippen molar-refractivity contribution in [1.29, 1.82) is 0 Å². The third-order valence-electron chi connectivity index (χ3n) is 5.79. The van der Waals surface area contributed by atoms with Gasteiger partial charge in [0, 0.05) is 35.8 Å². The van der Waals surface area contributed by atoms with Crippen LogP contribution in [0.4, 0.5) is 10.2 Å². The minimum atomic E-state index is -1.05. The van der Waals surface area contributed by atoms with E-state index in [0.717, 1.165) is 11.1 Å². The molecule has 0 bridgehead atoms. The Balaban J connectivity index is 1.52. The van der Waals surface area contributed by atoms with Crippen molar-refractivity contribution in [3.05, 3.63) is 65.9 Å². The van der Waals surface area contributed by atoms with E-state index in [9.17, 15) is 14.3 Å². The number of carboxylic acid groups (broad SMARTS) is 1. The zero-order valence-corrected chi connectivity index (χ0v) is 20.7. The summed E-state index contributed by atoms with van der Waals surface area (Å²) >= 11 is 0. The molecule has 0 aliphatic carbocycles. The average molecular weight is 493 g/mol. The van der Waals surface area contributed by atoms with Crippen molar-refractivity contribution in [1.82, 2.24) is 14.5 Å². The molecule has 8 nitrogen and oxygen atoms in total. The van der Waals surface area contributed by atoms with Crippen LogP contribution < -0.4 is 14.8 Å². The predicted molar refractivity (Wildman–Crippen MR) is 136 cm³/mol. The lowest BCUT2D eigenvalue weighted by atomic mass is 10.1. The number of aromatic nitrogens is 3. The van der Waals surface area contributed by atoms with Crippen LogP contribution in [-0.4, -0.2) is 45.9 Å². The van der Waals surface area contributed by atoms with E-state index < -0.39 is 5.97 Å². The van der Waals surface area contributed by atoms with Crippen LogP contribution in [-0.2, 0) is 6.54 Å². The summed E-state index contributed by atoms with van der Waals surface area (Å²) in [5.74, 6) is 0.428. The van der Waals surface area contributed by atoms with Gasteiger partial charge in [-0.1, -0.05) is 19.9 Å². The third kappa shape index (κ3) is 5.25. The lowest BCUT2D eigenvalue weighted by Gasteiger charge is -2.13. The molecule has 2 N–H and O–H groups in total. The van der Waals surface area contributed by atoms with E-state index in [2.05, 4.69) is 15.3 Å². The molecule has 0 atom stereocenters. The summed E-state index contributed by atoms with van der Waals surface area (Å²) in [6.07, 6.45) is 1.44. The number of aromatic carboxylic acids is 1. The van der Waals surface area contributed by atoms with E-state index in [1.54, 1.807) is 31.4 Å². The topological polar surface area (TPSA) is 98.5 Å². The van der Waals surface area contributed by atoms with Gasteiger partial charge in [0.25, 0.3) is 0 Å². The van der Waals surface area contributed by atoms with Crippen molar-refractivity contribution in [2.75, 3.05) is 25.6 Å². The number of aryl methyl sites for hydroxylation is 1. The maximum absolute atomic E-state index is 14.6. The van der Waals surface area contributed by atoms with Crippen LogP contribution >= 0.6 is 0 Å². The standard InChI is InChI=1S/C27H29FN4O4/c1-16(2)14-36-24-12-18(5-6-19(24)27(33)34)22-13-25(31-15-30-22)29-9-10-32-17(3)11-20-23(35-4)8-7-21(28)26(20)32/h5-8,11-13,15-16H,9-10,14H2,1-4H3,(H,33,34)(H,29,30,31). The summed E-state index contributed by atoms with van der Waals surface area (Å²) in [5.41, 5.74) is 2.86. The van der Waals surface area contributed by atoms with Crippen molar-refractivity contribution in [2.24, 2.45) is 5.92 Å². The first-order valence-corrected chi connectivity index (χ1v) is 11.7. The van der Waals surface area contributed by atoms with E-state index in [0.29, 0.717) is 53.8 Å². The van der Waals surface area contributed by atoms with Crippen LogP contribution in [0, 0.1) is 18.7 Å². The van der Waals surface area contributed by atoms with E-state index in [4.69, 9.17) is 9.47 Å². The fourth-order valence-corrected chi connectivity index (χ4v) is 4.05. The molecular formula is C27H29FN4O4. The summed E-state index contributed by atoms with van der Waals surface area (Å²) in [4.78, 5) is 20.2. The number of ether oxygens (including phenoxy) is 2. The van der Waals surface area contributed by atoms with Crippen molar-refractivity contribution < 1.29 is 23.8 Å². The number of nitrogens with one attached hydrogen (secondary N) is 1.